The first kappa shape index (κ1) is 19.2. The molecule has 27 heavy (non-hydrogen) atoms. The predicted octanol–water partition coefficient (Wildman–Crippen LogP) is 2.25. The monoisotopic (exact) mass is 390 g/mol. The van der Waals surface area contributed by atoms with Crippen molar-refractivity contribution >= 4 is 23.4 Å². The molecule has 1 aliphatic heterocycles. The molecule has 7 nitrogen and oxygen atoms in total. The molecule has 1 aliphatic rings. The van der Waals surface area contributed by atoms with E-state index in [1.54, 1.807) is 28.9 Å². The van der Waals surface area contributed by atoms with Gasteiger partial charge in [0.1, 0.15) is 5.56 Å². The molecule has 1 fully saturated rings. The number of nitrogens with zero attached hydrogens (tertiary/aromatic N) is 3. The molecule has 2 aromatic rings. The van der Waals surface area contributed by atoms with Gasteiger partial charge in [0.2, 0.25) is 11.8 Å². The van der Waals surface area contributed by atoms with Crippen LogP contribution in [-0.2, 0) is 18.4 Å². The fraction of sp³-hybridized carbons (Fsp3) is 0.421. The van der Waals surface area contributed by atoms with Crippen molar-refractivity contribution in [3.05, 3.63) is 46.6 Å². The highest BCUT2D eigenvalue weighted by molar-refractivity contribution is 6.31. The minimum absolute atomic E-state index is 0.0643. The highest BCUT2D eigenvalue weighted by atomic mass is 35.5. The fourth-order valence-corrected chi connectivity index (χ4v) is 3.48. The third kappa shape index (κ3) is 4.42. The van der Waals surface area contributed by atoms with Gasteiger partial charge in [-0.25, -0.2) is 0 Å². The summed E-state index contributed by atoms with van der Waals surface area (Å²) in [6.45, 7) is 1.37. The number of amides is 2. The molecule has 2 amide bonds. The number of piperidine rings is 1. The Morgan fingerprint density at radius 3 is 2.89 bits per heavy atom. The largest absolute Gasteiger partial charge is 0.479 e. The molecule has 1 N–H and O–H groups in total. The Balaban J connectivity index is 1.62. The predicted molar refractivity (Wildman–Crippen MR) is 102 cm³/mol. The molecular weight excluding hydrogens is 368 g/mol. The van der Waals surface area contributed by atoms with E-state index < -0.39 is 0 Å². The number of ether oxygens (including phenoxy) is 1. The summed E-state index contributed by atoms with van der Waals surface area (Å²) >= 11 is 6.13. The van der Waals surface area contributed by atoms with Gasteiger partial charge >= 0.3 is 0 Å². The summed E-state index contributed by atoms with van der Waals surface area (Å²) in [6.07, 6.45) is 3.17. The summed E-state index contributed by atoms with van der Waals surface area (Å²) in [5.41, 5.74) is 1.29. The highest BCUT2D eigenvalue weighted by Gasteiger charge is 2.31. The molecule has 1 aromatic heterocycles. The van der Waals surface area contributed by atoms with Crippen LogP contribution in [-0.4, -0.2) is 46.7 Å². The van der Waals surface area contributed by atoms with E-state index in [9.17, 15) is 9.59 Å². The fourth-order valence-electron chi connectivity index (χ4n) is 3.28. The zero-order valence-electron chi connectivity index (χ0n) is 15.4. The minimum Gasteiger partial charge on any atom is -0.479 e. The molecule has 0 spiro atoms. The number of methoxy groups -OCH3 is 1. The van der Waals surface area contributed by atoms with Gasteiger partial charge in [-0.1, -0.05) is 29.8 Å². The number of hydrogen-bond acceptors (Lipinski definition) is 4. The Hall–Kier alpha value is -2.54. The Morgan fingerprint density at radius 1 is 1.37 bits per heavy atom. The van der Waals surface area contributed by atoms with Gasteiger partial charge in [0, 0.05) is 37.9 Å². The van der Waals surface area contributed by atoms with Crippen LogP contribution in [0.15, 0.2) is 30.5 Å². The molecule has 0 saturated carbocycles. The molecule has 1 aromatic carbocycles. The zero-order chi connectivity index (χ0) is 19.4. The summed E-state index contributed by atoms with van der Waals surface area (Å²) < 4.78 is 6.73. The molecular formula is C19H23ClN4O3. The zero-order valence-corrected chi connectivity index (χ0v) is 16.2. The SMILES string of the molecule is COc1nn(C)cc1C(=O)N1CCCC(C(=O)NCc2ccccc2Cl)C1. The number of nitrogens with one attached hydrogen (secondary N) is 1. The lowest BCUT2D eigenvalue weighted by molar-refractivity contribution is -0.126. The number of benzene rings is 1. The van der Waals surface area contributed by atoms with Gasteiger partial charge in [0.05, 0.1) is 13.0 Å². The first-order valence-electron chi connectivity index (χ1n) is 8.87. The maximum Gasteiger partial charge on any atom is 0.260 e. The molecule has 2 heterocycles. The highest BCUT2D eigenvalue weighted by Crippen LogP contribution is 2.23. The van der Waals surface area contributed by atoms with Crippen LogP contribution >= 0.6 is 11.6 Å². The normalized spacial score (nSPS) is 16.9. The summed E-state index contributed by atoms with van der Waals surface area (Å²) in [5.74, 6) is -0.172. The van der Waals surface area contributed by atoms with Crippen LogP contribution in [0.4, 0.5) is 0 Å². The van der Waals surface area contributed by atoms with E-state index in [4.69, 9.17) is 16.3 Å². The van der Waals surface area contributed by atoms with Gasteiger partial charge in [-0.2, -0.15) is 0 Å². The van der Waals surface area contributed by atoms with Crippen molar-refractivity contribution in [1.29, 1.82) is 0 Å². The Labute approximate surface area is 163 Å². The van der Waals surface area contributed by atoms with Crippen LogP contribution in [0.3, 0.4) is 0 Å². The number of carbonyl (C=O) groups is 2. The second kappa shape index (κ2) is 8.43. The van der Waals surface area contributed by atoms with Gasteiger partial charge in [0.15, 0.2) is 0 Å². The number of halogens is 1. The van der Waals surface area contributed by atoms with Crippen molar-refractivity contribution in [2.45, 2.75) is 19.4 Å². The van der Waals surface area contributed by atoms with E-state index >= 15 is 0 Å². The van der Waals surface area contributed by atoms with E-state index in [0.29, 0.717) is 36.1 Å². The number of aromatic nitrogens is 2. The van der Waals surface area contributed by atoms with Crippen LogP contribution in [0.5, 0.6) is 5.88 Å². The van der Waals surface area contributed by atoms with Gasteiger partial charge in [-0.3, -0.25) is 14.3 Å². The molecule has 144 valence electrons. The summed E-state index contributed by atoms with van der Waals surface area (Å²) in [6, 6.07) is 7.42. The van der Waals surface area contributed by atoms with Crippen molar-refractivity contribution in [3.63, 3.8) is 0 Å². The van der Waals surface area contributed by atoms with Crippen molar-refractivity contribution in [2.75, 3.05) is 20.2 Å². The van der Waals surface area contributed by atoms with Crippen LogP contribution in [0.2, 0.25) is 5.02 Å². The van der Waals surface area contributed by atoms with Crippen molar-refractivity contribution in [1.82, 2.24) is 20.0 Å². The Bertz CT molecular complexity index is 836. The van der Waals surface area contributed by atoms with Crippen molar-refractivity contribution in [2.24, 2.45) is 13.0 Å². The lowest BCUT2D eigenvalue weighted by Gasteiger charge is -2.32. The second-order valence-corrected chi connectivity index (χ2v) is 7.03. The number of aryl methyl sites for hydroxylation is 1. The van der Waals surface area contributed by atoms with Gasteiger partial charge < -0.3 is 15.0 Å². The average Bonchev–Trinajstić information content (AvgIpc) is 3.07. The smallest absolute Gasteiger partial charge is 0.260 e. The van der Waals surface area contributed by atoms with E-state index in [2.05, 4.69) is 10.4 Å². The van der Waals surface area contributed by atoms with Gasteiger partial charge in [-0.05, 0) is 24.5 Å². The molecule has 1 unspecified atom stereocenters. The number of likely N-dealkylation sites (tertiary alicyclic amines) is 1. The molecule has 8 heteroatoms. The van der Waals surface area contributed by atoms with Crippen molar-refractivity contribution < 1.29 is 14.3 Å². The second-order valence-electron chi connectivity index (χ2n) is 6.63. The molecule has 0 bridgehead atoms. The maximum atomic E-state index is 12.8. The maximum absolute atomic E-state index is 12.8. The molecule has 3 rings (SSSR count). The van der Waals surface area contributed by atoms with Crippen LogP contribution in [0, 0.1) is 5.92 Å². The molecule has 1 saturated heterocycles. The number of rotatable bonds is 5. The number of carbonyl (C=O) groups excluding carboxylic acids is 2. The molecule has 1 atom stereocenters. The van der Waals surface area contributed by atoms with Crippen molar-refractivity contribution in [3.8, 4) is 5.88 Å². The topological polar surface area (TPSA) is 76.5 Å². The Kier molecular flexibility index (Phi) is 6.01. The van der Waals surface area contributed by atoms with E-state index in [-0.39, 0.29) is 17.7 Å². The first-order valence-corrected chi connectivity index (χ1v) is 9.25. The standard InChI is InChI=1S/C19H23ClN4O3/c1-23-12-15(18(22-23)27-2)19(26)24-9-5-7-14(11-24)17(25)21-10-13-6-3-4-8-16(13)20/h3-4,6,8,12,14H,5,7,9-11H2,1-2H3,(H,21,25). The molecule has 0 radical (unpaired) electrons. The Morgan fingerprint density at radius 2 is 2.15 bits per heavy atom. The van der Waals surface area contributed by atoms with E-state index in [1.165, 1.54) is 7.11 Å². The lowest BCUT2D eigenvalue weighted by Crippen LogP contribution is -2.45. The molecule has 0 aliphatic carbocycles. The quantitative estimate of drug-likeness (QED) is 0.849. The van der Waals surface area contributed by atoms with Gasteiger partial charge in [-0.15, -0.1) is 5.10 Å². The van der Waals surface area contributed by atoms with E-state index in [0.717, 1.165) is 18.4 Å². The number of hydrogen-bond donors (Lipinski definition) is 1. The first-order chi connectivity index (χ1) is 13.0. The van der Waals surface area contributed by atoms with Crippen LogP contribution in [0.25, 0.3) is 0 Å². The third-order valence-electron chi connectivity index (χ3n) is 4.71. The summed E-state index contributed by atoms with van der Waals surface area (Å²) in [7, 11) is 3.22. The summed E-state index contributed by atoms with van der Waals surface area (Å²) in [5, 5.41) is 7.69. The average molecular weight is 391 g/mol. The van der Waals surface area contributed by atoms with E-state index in [1.807, 2.05) is 18.2 Å². The lowest BCUT2D eigenvalue weighted by atomic mass is 9.96. The minimum atomic E-state index is -0.243. The van der Waals surface area contributed by atoms with Crippen LogP contribution < -0.4 is 10.1 Å². The van der Waals surface area contributed by atoms with Gasteiger partial charge in [0.25, 0.3) is 5.91 Å². The van der Waals surface area contributed by atoms with Crippen LogP contribution in [0.1, 0.15) is 28.8 Å². The third-order valence-corrected chi connectivity index (χ3v) is 5.08. The summed E-state index contributed by atoms with van der Waals surface area (Å²) in [4.78, 5) is 27.1.